The van der Waals surface area contributed by atoms with Gasteiger partial charge in [0.25, 0.3) is 0 Å². The summed E-state index contributed by atoms with van der Waals surface area (Å²) in [5.74, 6) is -0.741. The third kappa shape index (κ3) is 4.84. The van der Waals surface area contributed by atoms with Crippen molar-refractivity contribution in [1.29, 1.82) is 0 Å². The molecular weight excluding hydrogens is 242 g/mol. The monoisotopic (exact) mass is 269 g/mol. The molecule has 1 amide bonds. The minimum atomic E-state index is -1.00. The molecule has 0 aromatic carbocycles. The molecule has 1 rings (SSSR count). The summed E-state index contributed by atoms with van der Waals surface area (Å²) in [7, 11) is 0. The van der Waals surface area contributed by atoms with Crippen molar-refractivity contribution in [3.63, 3.8) is 0 Å². The van der Waals surface area contributed by atoms with Crippen molar-refractivity contribution in [2.45, 2.75) is 71.8 Å². The number of carbonyl (C=O) groups is 2. The van der Waals surface area contributed by atoms with E-state index in [0.717, 1.165) is 19.3 Å². The number of nitrogens with one attached hydrogen (secondary N) is 1. The Kier molecular flexibility index (Phi) is 4.99. The molecule has 0 aliphatic heterocycles. The Hall–Kier alpha value is -1.06. The van der Waals surface area contributed by atoms with Gasteiger partial charge in [0, 0.05) is 6.42 Å². The molecule has 4 nitrogen and oxygen atoms in total. The lowest BCUT2D eigenvalue weighted by molar-refractivity contribution is -0.147. The first-order chi connectivity index (χ1) is 8.65. The average Bonchev–Trinajstić information content (AvgIpc) is 2.63. The number of carboxylic acids is 1. The van der Waals surface area contributed by atoms with Crippen LogP contribution < -0.4 is 5.32 Å². The fraction of sp³-hybridized carbons (Fsp3) is 0.867. The zero-order valence-corrected chi connectivity index (χ0v) is 12.6. The maximum Gasteiger partial charge on any atom is 0.329 e. The van der Waals surface area contributed by atoms with Crippen molar-refractivity contribution in [3.05, 3.63) is 0 Å². The SMILES string of the molecule is CC(CC(=O)NC1(C(=O)O)CCCC1)CC(C)(C)C. The largest absolute Gasteiger partial charge is 0.480 e. The van der Waals surface area contributed by atoms with Crippen molar-refractivity contribution in [3.8, 4) is 0 Å². The quantitative estimate of drug-likeness (QED) is 0.806. The third-order valence-corrected chi connectivity index (χ3v) is 3.74. The van der Waals surface area contributed by atoms with Gasteiger partial charge in [0.05, 0.1) is 0 Å². The lowest BCUT2D eigenvalue weighted by Gasteiger charge is -2.27. The summed E-state index contributed by atoms with van der Waals surface area (Å²) in [6, 6.07) is 0. The molecule has 0 radical (unpaired) electrons. The van der Waals surface area contributed by atoms with Crippen molar-refractivity contribution in [2.24, 2.45) is 11.3 Å². The summed E-state index contributed by atoms with van der Waals surface area (Å²) in [5.41, 5.74) is -0.809. The zero-order valence-electron chi connectivity index (χ0n) is 12.6. The number of amides is 1. The predicted octanol–water partition coefficient (Wildman–Crippen LogP) is 2.96. The van der Waals surface area contributed by atoms with Crippen molar-refractivity contribution in [1.82, 2.24) is 5.32 Å². The molecule has 0 spiro atoms. The molecular formula is C15H27NO3. The molecule has 1 fully saturated rings. The van der Waals surface area contributed by atoms with Gasteiger partial charge in [-0.1, -0.05) is 40.5 Å². The second kappa shape index (κ2) is 5.93. The number of aliphatic carboxylic acids is 1. The Morgan fingerprint density at radius 3 is 2.21 bits per heavy atom. The van der Waals surface area contributed by atoms with Crippen LogP contribution in [0.1, 0.15) is 66.2 Å². The van der Waals surface area contributed by atoms with Gasteiger partial charge in [0.2, 0.25) is 5.91 Å². The normalized spacial score (nSPS) is 20.0. The van der Waals surface area contributed by atoms with Crippen LogP contribution in [0.4, 0.5) is 0 Å². The molecule has 2 N–H and O–H groups in total. The number of rotatable bonds is 5. The zero-order chi connectivity index (χ0) is 14.7. The highest BCUT2D eigenvalue weighted by atomic mass is 16.4. The molecule has 1 unspecified atom stereocenters. The topological polar surface area (TPSA) is 66.4 Å². The van der Waals surface area contributed by atoms with Gasteiger partial charge in [-0.2, -0.15) is 0 Å². The van der Waals surface area contributed by atoms with E-state index in [0.29, 0.717) is 19.3 Å². The number of carboxylic acid groups (broad SMARTS) is 1. The molecule has 1 aliphatic carbocycles. The summed E-state index contributed by atoms with van der Waals surface area (Å²) in [6.07, 6.45) is 4.24. The molecule has 0 aromatic heterocycles. The lowest BCUT2D eigenvalue weighted by atomic mass is 9.84. The van der Waals surface area contributed by atoms with Gasteiger partial charge in [0.1, 0.15) is 5.54 Å². The second-order valence-corrected chi connectivity index (χ2v) is 7.22. The Labute approximate surface area is 116 Å². The Morgan fingerprint density at radius 1 is 1.26 bits per heavy atom. The van der Waals surface area contributed by atoms with E-state index < -0.39 is 11.5 Å². The smallest absolute Gasteiger partial charge is 0.329 e. The van der Waals surface area contributed by atoms with Gasteiger partial charge in [-0.05, 0) is 30.6 Å². The van der Waals surface area contributed by atoms with Crippen molar-refractivity contribution >= 4 is 11.9 Å². The van der Waals surface area contributed by atoms with Crippen LogP contribution in [-0.4, -0.2) is 22.5 Å². The van der Waals surface area contributed by atoms with Crippen molar-refractivity contribution in [2.75, 3.05) is 0 Å². The standard InChI is InChI=1S/C15H27NO3/c1-11(10-14(2,3)4)9-12(17)16-15(13(18)19)7-5-6-8-15/h11H,5-10H2,1-4H3,(H,16,17)(H,18,19). The van der Waals surface area contributed by atoms with Crippen molar-refractivity contribution < 1.29 is 14.7 Å². The van der Waals surface area contributed by atoms with Gasteiger partial charge >= 0.3 is 5.97 Å². The molecule has 0 heterocycles. The van der Waals surface area contributed by atoms with E-state index in [1.165, 1.54) is 0 Å². The van der Waals surface area contributed by atoms with Crippen LogP contribution in [-0.2, 0) is 9.59 Å². The van der Waals surface area contributed by atoms with Gasteiger partial charge in [-0.25, -0.2) is 4.79 Å². The first-order valence-corrected chi connectivity index (χ1v) is 7.19. The summed E-state index contributed by atoms with van der Waals surface area (Å²) >= 11 is 0. The summed E-state index contributed by atoms with van der Waals surface area (Å²) < 4.78 is 0. The fourth-order valence-corrected chi connectivity index (χ4v) is 3.12. The molecule has 0 bridgehead atoms. The highest BCUT2D eigenvalue weighted by Crippen LogP contribution is 2.31. The first-order valence-electron chi connectivity index (χ1n) is 7.19. The minimum Gasteiger partial charge on any atom is -0.480 e. The van der Waals surface area contributed by atoms with Gasteiger partial charge in [-0.3, -0.25) is 4.79 Å². The van der Waals surface area contributed by atoms with Crippen LogP contribution in [0.15, 0.2) is 0 Å². The van der Waals surface area contributed by atoms with E-state index in [9.17, 15) is 14.7 Å². The average molecular weight is 269 g/mol. The predicted molar refractivity (Wildman–Crippen MR) is 74.8 cm³/mol. The molecule has 1 aliphatic rings. The van der Waals surface area contributed by atoms with Gasteiger partial charge < -0.3 is 10.4 Å². The molecule has 1 saturated carbocycles. The van der Waals surface area contributed by atoms with E-state index >= 15 is 0 Å². The maximum atomic E-state index is 12.0. The first kappa shape index (κ1) is 16.0. The van der Waals surface area contributed by atoms with Crippen LogP contribution in [0.25, 0.3) is 0 Å². The molecule has 0 saturated heterocycles. The fourth-order valence-electron chi connectivity index (χ4n) is 3.12. The number of carbonyl (C=O) groups excluding carboxylic acids is 1. The highest BCUT2D eigenvalue weighted by Gasteiger charge is 2.42. The molecule has 0 aromatic rings. The van der Waals surface area contributed by atoms with Gasteiger partial charge in [-0.15, -0.1) is 0 Å². The summed E-state index contributed by atoms with van der Waals surface area (Å²) in [4.78, 5) is 23.4. The molecule has 110 valence electrons. The third-order valence-electron chi connectivity index (χ3n) is 3.74. The Bertz CT molecular complexity index is 338. The van der Waals surface area contributed by atoms with Crippen LogP contribution in [0.3, 0.4) is 0 Å². The molecule has 4 heteroatoms. The molecule has 19 heavy (non-hydrogen) atoms. The van der Waals surface area contributed by atoms with Crippen LogP contribution in [0.2, 0.25) is 0 Å². The van der Waals surface area contributed by atoms with Crippen LogP contribution in [0, 0.1) is 11.3 Å². The second-order valence-electron chi connectivity index (χ2n) is 7.22. The lowest BCUT2D eigenvalue weighted by Crippen LogP contribution is -2.52. The summed E-state index contributed by atoms with van der Waals surface area (Å²) in [5, 5.41) is 12.1. The molecule has 1 atom stereocenters. The van der Waals surface area contributed by atoms with E-state index in [4.69, 9.17) is 0 Å². The minimum absolute atomic E-state index is 0.124. The van der Waals surface area contributed by atoms with Gasteiger partial charge in [0.15, 0.2) is 0 Å². The van der Waals surface area contributed by atoms with Crippen LogP contribution >= 0.6 is 0 Å². The van der Waals surface area contributed by atoms with Crippen LogP contribution in [0.5, 0.6) is 0 Å². The number of hydrogen-bond donors (Lipinski definition) is 2. The van der Waals surface area contributed by atoms with E-state index in [1.807, 2.05) is 6.92 Å². The Morgan fingerprint density at radius 2 is 1.79 bits per heavy atom. The van der Waals surface area contributed by atoms with E-state index in [-0.39, 0.29) is 17.2 Å². The summed E-state index contributed by atoms with van der Waals surface area (Å²) in [6.45, 7) is 8.50. The highest BCUT2D eigenvalue weighted by molar-refractivity contribution is 5.87. The number of hydrogen-bond acceptors (Lipinski definition) is 2. The maximum absolute atomic E-state index is 12.0. The Balaban J connectivity index is 2.52. The van der Waals surface area contributed by atoms with E-state index in [1.54, 1.807) is 0 Å². The van der Waals surface area contributed by atoms with E-state index in [2.05, 4.69) is 26.1 Å².